The zero-order valence-electron chi connectivity index (χ0n) is 13.2. The Labute approximate surface area is 149 Å². The van der Waals surface area contributed by atoms with Crippen LogP contribution in [-0.4, -0.2) is 19.9 Å². The highest BCUT2D eigenvalue weighted by Gasteiger charge is 2.28. The summed E-state index contributed by atoms with van der Waals surface area (Å²) in [7, 11) is -3.99. The molecule has 0 aromatic heterocycles. The third-order valence-electron chi connectivity index (χ3n) is 4.05. The summed E-state index contributed by atoms with van der Waals surface area (Å²) in [4.78, 5) is 10.2. The number of ether oxygens (including phenoxy) is 1. The quantitative estimate of drug-likeness (QED) is 0.645. The fourth-order valence-electron chi connectivity index (χ4n) is 2.70. The van der Waals surface area contributed by atoms with E-state index in [4.69, 9.17) is 16.3 Å². The Hall–Kier alpha value is -2.16. The van der Waals surface area contributed by atoms with Gasteiger partial charge in [-0.2, -0.15) is 0 Å². The topological polar surface area (TPSA) is 98.5 Å². The lowest BCUT2D eigenvalue weighted by Gasteiger charge is -2.26. The van der Waals surface area contributed by atoms with Gasteiger partial charge in [-0.3, -0.25) is 10.1 Å². The number of fused-ring (bicyclic) bond motifs is 1. The molecule has 1 N–H and O–H groups in total. The minimum atomic E-state index is -3.99. The Kier molecular flexibility index (Phi) is 4.68. The van der Waals surface area contributed by atoms with Gasteiger partial charge < -0.3 is 4.74 Å². The van der Waals surface area contributed by atoms with Crippen LogP contribution in [0, 0.1) is 17.0 Å². The van der Waals surface area contributed by atoms with Gasteiger partial charge in [0.15, 0.2) is 0 Å². The van der Waals surface area contributed by atoms with Gasteiger partial charge in [-0.15, -0.1) is 0 Å². The Bertz CT molecular complexity index is 946. The van der Waals surface area contributed by atoms with Crippen LogP contribution in [-0.2, 0) is 10.0 Å². The number of hydrogen-bond acceptors (Lipinski definition) is 5. The van der Waals surface area contributed by atoms with Gasteiger partial charge in [0.05, 0.1) is 27.5 Å². The van der Waals surface area contributed by atoms with E-state index >= 15 is 0 Å². The maximum absolute atomic E-state index is 12.7. The van der Waals surface area contributed by atoms with E-state index in [-0.39, 0.29) is 21.2 Å². The summed E-state index contributed by atoms with van der Waals surface area (Å²) in [6.07, 6.45) is 0.456. The number of para-hydroxylation sites is 1. The standard InChI is InChI=1S/C16H15ClN2O5S/c1-10-13(17)8-11(9-15(10)19(20)21)25(22,23)18-14-6-7-24-16-5-3-2-4-12(14)16/h2-5,8-9,14,18H,6-7H2,1H3/t14-/m0/s1. The predicted molar refractivity (Wildman–Crippen MR) is 92.5 cm³/mol. The highest BCUT2D eigenvalue weighted by atomic mass is 35.5. The van der Waals surface area contributed by atoms with Crippen LogP contribution in [0.3, 0.4) is 0 Å². The van der Waals surface area contributed by atoms with Crippen molar-refractivity contribution < 1.29 is 18.1 Å². The minimum Gasteiger partial charge on any atom is -0.493 e. The van der Waals surface area contributed by atoms with Crippen molar-refractivity contribution in [1.29, 1.82) is 0 Å². The summed E-state index contributed by atoms with van der Waals surface area (Å²) in [6, 6.07) is 8.91. The van der Waals surface area contributed by atoms with E-state index in [0.717, 1.165) is 11.6 Å². The van der Waals surface area contributed by atoms with Crippen molar-refractivity contribution in [1.82, 2.24) is 4.72 Å². The molecular formula is C16H15ClN2O5S. The van der Waals surface area contributed by atoms with Crippen molar-refractivity contribution in [2.45, 2.75) is 24.3 Å². The molecule has 1 atom stereocenters. The minimum absolute atomic E-state index is 0.0296. The summed E-state index contributed by atoms with van der Waals surface area (Å²) < 4.78 is 33.5. The molecule has 0 spiro atoms. The number of sulfonamides is 1. The zero-order valence-corrected chi connectivity index (χ0v) is 14.8. The Morgan fingerprint density at radius 3 is 2.76 bits per heavy atom. The predicted octanol–water partition coefficient (Wildman–Crippen LogP) is 3.36. The monoisotopic (exact) mass is 382 g/mol. The molecule has 25 heavy (non-hydrogen) atoms. The van der Waals surface area contributed by atoms with Gasteiger partial charge in [0, 0.05) is 23.6 Å². The molecule has 0 aliphatic carbocycles. The summed E-state index contributed by atoms with van der Waals surface area (Å²) in [5.41, 5.74) is 0.618. The molecular weight excluding hydrogens is 368 g/mol. The third-order valence-corrected chi connectivity index (χ3v) is 5.90. The SMILES string of the molecule is Cc1c(Cl)cc(S(=O)(=O)N[C@H]2CCOc3ccccc32)cc1[N+](=O)[O-]. The second-order valence-corrected chi connectivity index (χ2v) is 7.78. The highest BCUT2D eigenvalue weighted by molar-refractivity contribution is 7.89. The van der Waals surface area contributed by atoms with Crippen LogP contribution >= 0.6 is 11.6 Å². The summed E-state index contributed by atoms with van der Waals surface area (Å²) in [6.45, 7) is 1.85. The molecule has 132 valence electrons. The molecule has 3 rings (SSSR count). The van der Waals surface area contributed by atoms with Gasteiger partial charge in [-0.1, -0.05) is 29.8 Å². The summed E-state index contributed by atoms with van der Waals surface area (Å²) in [5.74, 6) is 0.620. The molecule has 0 unspecified atom stereocenters. The maximum atomic E-state index is 12.7. The number of benzene rings is 2. The van der Waals surface area contributed by atoms with Crippen LogP contribution in [0.5, 0.6) is 5.75 Å². The van der Waals surface area contributed by atoms with Gasteiger partial charge in [0.2, 0.25) is 10.0 Å². The van der Waals surface area contributed by atoms with Gasteiger partial charge >= 0.3 is 0 Å². The van der Waals surface area contributed by atoms with Gasteiger partial charge in [0.1, 0.15) is 5.75 Å². The van der Waals surface area contributed by atoms with E-state index in [1.807, 2.05) is 0 Å². The Balaban J connectivity index is 1.98. The van der Waals surface area contributed by atoms with Crippen LogP contribution in [0.15, 0.2) is 41.3 Å². The Morgan fingerprint density at radius 2 is 2.04 bits per heavy atom. The first-order valence-electron chi connectivity index (χ1n) is 7.48. The van der Waals surface area contributed by atoms with Gasteiger partial charge in [-0.25, -0.2) is 13.1 Å². The Morgan fingerprint density at radius 1 is 1.32 bits per heavy atom. The van der Waals surface area contributed by atoms with Crippen molar-refractivity contribution in [3.63, 3.8) is 0 Å². The molecule has 1 aliphatic rings. The average Bonchev–Trinajstić information content (AvgIpc) is 2.57. The lowest BCUT2D eigenvalue weighted by atomic mass is 10.0. The third kappa shape index (κ3) is 3.46. The number of nitro groups is 1. The van der Waals surface area contributed by atoms with E-state index in [9.17, 15) is 18.5 Å². The van der Waals surface area contributed by atoms with Crippen molar-refractivity contribution in [2.24, 2.45) is 0 Å². The van der Waals surface area contributed by atoms with Crippen LogP contribution in [0.4, 0.5) is 5.69 Å². The fourth-order valence-corrected chi connectivity index (χ4v) is 4.28. The van der Waals surface area contributed by atoms with Gasteiger partial charge in [0.25, 0.3) is 5.69 Å². The number of nitro benzene ring substituents is 1. The molecule has 0 radical (unpaired) electrons. The molecule has 0 saturated carbocycles. The molecule has 7 nitrogen and oxygen atoms in total. The number of rotatable bonds is 4. The number of halogens is 1. The van der Waals surface area contributed by atoms with Crippen LogP contribution in [0.2, 0.25) is 5.02 Å². The van der Waals surface area contributed by atoms with E-state index in [0.29, 0.717) is 18.8 Å². The van der Waals surface area contributed by atoms with Crippen molar-refractivity contribution in [3.05, 3.63) is 62.7 Å². The first-order valence-corrected chi connectivity index (χ1v) is 9.34. The largest absolute Gasteiger partial charge is 0.493 e. The molecule has 1 heterocycles. The fraction of sp³-hybridized carbons (Fsp3) is 0.250. The smallest absolute Gasteiger partial charge is 0.275 e. The van der Waals surface area contributed by atoms with Crippen LogP contribution in [0.25, 0.3) is 0 Å². The first-order chi connectivity index (χ1) is 11.8. The average molecular weight is 383 g/mol. The lowest BCUT2D eigenvalue weighted by Crippen LogP contribution is -2.32. The zero-order chi connectivity index (χ0) is 18.2. The number of nitrogens with one attached hydrogen (secondary N) is 1. The molecule has 0 amide bonds. The van der Waals surface area contributed by atoms with E-state index < -0.39 is 21.0 Å². The van der Waals surface area contributed by atoms with Gasteiger partial charge in [-0.05, 0) is 19.1 Å². The van der Waals surface area contributed by atoms with Crippen LogP contribution in [0.1, 0.15) is 23.6 Å². The van der Waals surface area contributed by atoms with Crippen LogP contribution < -0.4 is 9.46 Å². The molecule has 0 bridgehead atoms. The molecule has 2 aromatic rings. The molecule has 0 fully saturated rings. The van der Waals surface area contributed by atoms with Crippen molar-refractivity contribution in [2.75, 3.05) is 6.61 Å². The second kappa shape index (κ2) is 6.62. The molecule has 2 aromatic carbocycles. The van der Waals surface area contributed by atoms with E-state index in [2.05, 4.69) is 4.72 Å². The summed E-state index contributed by atoms with van der Waals surface area (Å²) in [5, 5.41) is 11.2. The molecule has 9 heteroatoms. The second-order valence-electron chi connectivity index (χ2n) is 5.66. The summed E-state index contributed by atoms with van der Waals surface area (Å²) >= 11 is 5.98. The maximum Gasteiger partial charge on any atom is 0.275 e. The number of hydrogen-bond donors (Lipinski definition) is 1. The molecule has 0 saturated heterocycles. The van der Waals surface area contributed by atoms with E-state index in [1.54, 1.807) is 24.3 Å². The highest BCUT2D eigenvalue weighted by Crippen LogP contribution is 2.34. The first kappa shape index (κ1) is 17.7. The lowest BCUT2D eigenvalue weighted by molar-refractivity contribution is -0.385. The normalized spacial score (nSPS) is 16.8. The van der Waals surface area contributed by atoms with Crippen molar-refractivity contribution in [3.8, 4) is 5.75 Å². The van der Waals surface area contributed by atoms with Crippen molar-refractivity contribution >= 4 is 27.3 Å². The van der Waals surface area contributed by atoms with E-state index in [1.165, 1.54) is 13.0 Å². The number of nitrogens with zero attached hydrogens (tertiary/aromatic N) is 1. The molecule has 1 aliphatic heterocycles.